The number of nitrogens with two attached hydrogens (primary N) is 1. The van der Waals surface area contributed by atoms with E-state index in [-0.39, 0.29) is 0 Å². The zero-order chi connectivity index (χ0) is 10.7. The third-order valence-electron chi connectivity index (χ3n) is 2.10. The van der Waals surface area contributed by atoms with Crippen LogP contribution in [0.5, 0.6) is 0 Å². The summed E-state index contributed by atoms with van der Waals surface area (Å²) in [6.07, 6.45) is 1.68. The summed E-state index contributed by atoms with van der Waals surface area (Å²) in [6.45, 7) is 2.05. The number of nitrogens with one attached hydrogen (secondary N) is 1. The summed E-state index contributed by atoms with van der Waals surface area (Å²) in [6, 6.07) is 9.99. The first-order valence-corrected chi connectivity index (χ1v) is 4.66. The number of anilines is 1. The Morgan fingerprint density at radius 1 is 1.27 bits per heavy atom. The van der Waals surface area contributed by atoms with Gasteiger partial charge in [-0.2, -0.15) is 0 Å². The topological polar surface area (TPSA) is 63.8 Å². The molecule has 0 amide bonds. The first-order chi connectivity index (χ1) is 7.29. The molecular formula is C11H12N4. The molecule has 3 N–H and O–H groups in total. The van der Waals surface area contributed by atoms with Gasteiger partial charge in [0, 0.05) is 11.8 Å². The maximum absolute atomic E-state index is 5.25. The summed E-state index contributed by atoms with van der Waals surface area (Å²) >= 11 is 0. The molecule has 0 aliphatic carbocycles. The largest absolute Gasteiger partial charge is 0.292 e. The van der Waals surface area contributed by atoms with Crippen LogP contribution >= 0.6 is 0 Å². The Morgan fingerprint density at radius 2 is 2.13 bits per heavy atom. The Morgan fingerprint density at radius 3 is 2.87 bits per heavy atom. The lowest BCUT2D eigenvalue weighted by Crippen LogP contribution is -2.10. The summed E-state index contributed by atoms with van der Waals surface area (Å²) in [5.41, 5.74) is 5.56. The van der Waals surface area contributed by atoms with Gasteiger partial charge in [-0.1, -0.05) is 23.8 Å². The number of nitrogens with zero attached hydrogens (tertiary/aromatic N) is 2. The van der Waals surface area contributed by atoms with Gasteiger partial charge >= 0.3 is 0 Å². The number of rotatable bonds is 2. The highest BCUT2D eigenvalue weighted by molar-refractivity contribution is 5.60. The second-order valence-electron chi connectivity index (χ2n) is 3.28. The van der Waals surface area contributed by atoms with E-state index in [1.54, 1.807) is 6.20 Å². The highest BCUT2D eigenvalue weighted by atomic mass is 15.3. The molecule has 0 atom stereocenters. The standard InChI is InChI=1S/C11H12N4/c1-8-3-2-4-9(7-8)10-5-6-13-11(14-10)15-12/h2-7H,12H2,1H3,(H,13,14,15). The highest BCUT2D eigenvalue weighted by Gasteiger charge is 2.00. The van der Waals surface area contributed by atoms with E-state index in [0.29, 0.717) is 5.95 Å². The van der Waals surface area contributed by atoms with Gasteiger partial charge < -0.3 is 0 Å². The number of aryl methyl sites for hydroxylation is 1. The quantitative estimate of drug-likeness (QED) is 0.572. The molecule has 1 heterocycles. The molecule has 0 aliphatic heterocycles. The second-order valence-corrected chi connectivity index (χ2v) is 3.28. The van der Waals surface area contributed by atoms with Crippen LogP contribution in [0.1, 0.15) is 5.56 Å². The fourth-order valence-electron chi connectivity index (χ4n) is 1.39. The van der Waals surface area contributed by atoms with Crippen molar-refractivity contribution in [3.05, 3.63) is 42.1 Å². The maximum atomic E-state index is 5.25. The monoisotopic (exact) mass is 200 g/mol. The van der Waals surface area contributed by atoms with Crippen molar-refractivity contribution in [2.24, 2.45) is 5.84 Å². The van der Waals surface area contributed by atoms with E-state index in [1.165, 1.54) is 5.56 Å². The van der Waals surface area contributed by atoms with E-state index in [9.17, 15) is 0 Å². The van der Waals surface area contributed by atoms with Crippen LogP contribution in [0, 0.1) is 6.92 Å². The Balaban J connectivity index is 2.44. The van der Waals surface area contributed by atoms with Crippen molar-refractivity contribution >= 4 is 5.95 Å². The van der Waals surface area contributed by atoms with Crippen LogP contribution in [-0.2, 0) is 0 Å². The van der Waals surface area contributed by atoms with Crippen LogP contribution in [-0.4, -0.2) is 9.97 Å². The van der Waals surface area contributed by atoms with Crippen molar-refractivity contribution in [3.63, 3.8) is 0 Å². The fraction of sp³-hybridized carbons (Fsp3) is 0.0909. The Labute approximate surface area is 88.2 Å². The van der Waals surface area contributed by atoms with E-state index in [1.807, 2.05) is 31.2 Å². The summed E-state index contributed by atoms with van der Waals surface area (Å²) in [5.74, 6) is 5.68. The van der Waals surface area contributed by atoms with Gasteiger partial charge in [-0.15, -0.1) is 0 Å². The van der Waals surface area contributed by atoms with Gasteiger partial charge in [-0.05, 0) is 19.1 Å². The molecule has 0 fully saturated rings. The first kappa shape index (κ1) is 9.61. The number of benzene rings is 1. The molecule has 1 aromatic heterocycles. The second kappa shape index (κ2) is 4.06. The molecule has 0 bridgehead atoms. The third-order valence-corrected chi connectivity index (χ3v) is 2.10. The first-order valence-electron chi connectivity index (χ1n) is 4.66. The van der Waals surface area contributed by atoms with Crippen LogP contribution < -0.4 is 11.3 Å². The Kier molecular flexibility index (Phi) is 2.60. The number of hydrogen-bond acceptors (Lipinski definition) is 4. The average molecular weight is 200 g/mol. The summed E-state index contributed by atoms with van der Waals surface area (Å²) in [5, 5.41) is 0. The van der Waals surface area contributed by atoms with Crippen molar-refractivity contribution in [2.75, 3.05) is 5.43 Å². The normalized spacial score (nSPS) is 10.0. The van der Waals surface area contributed by atoms with Crippen LogP contribution in [0.2, 0.25) is 0 Å². The molecule has 2 rings (SSSR count). The molecule has 0 saturated carbocycles. The molecule has 0 saturated heterocycles. The lowest BCUT2D eigenvalue weighted by atomic mass is 10.1. The van der Waals surface area contributed by atoms with Crippen LogP contribution in [0.3, 0.4) is 0 Å². The van der Waals surface area contributed by atoms with E-state index >= 15 is 0 Å². The SMILES string of the molecule is Cc1cccc(-c2ccnc(NN)n2)c1. The van der Waals surface area contributed by atoms with E-state index in [4.69, 9.17) is 5.84 Å². The molecule has 15 heavy (non-hydrogen) atoms. The average Bonchev–Trinajstić information content (AvgIpc) is 2.29. The number of nitrogen functional groups attached to an aromatic ring is 1. The predicted molar refractivity (Wildman–Crippen MR) is 60.0 cm³/mol. The number of hydrogen-bond donors (Lipinski definition) is 2. The summed E-state index contributed by atoms with van der Waals surface area (Å²) in [7, 11) is 0. The van der Waals surface area contributed by atoms with E-state index < -0.39 is 0 Å². The molecular weight excluding hydrogens is 188 g/mol. The lowest BCUT2D eigenvalue weighted by Gasteiger charge is -2.03. The van der Waals surface area contributed by atoms with Crippen molar-refractivity contribution in [2.45, 2.75) is 6.92 Å². The van der Waals surface area contributed by atoms with Gasteiger partial charge in [0.15, 0.2) is 0 Å². The molecule has 0 radical (unpaired) electrons. The lowest BCUT2D eigenvalue weighted by molar-refractivity contribution is 1.12. The molecule has 0 unspecified atom stereocenters. The Hall–Kier alpha value is -1.94. The van der Waals surface area contributed by atoms with Crippen LogP contribution in [0.15, 0.2) is 36.5 Å². The molecule has 4 heteroatoms. The van der Waals surface area contributed by atoms with Crippen LogP contribution in [0.25, 0.3) is 11.3 Å². The van der Waals surface area contributed by atoms with E-state index in [0.717, 1.165) is 11.3 Å². The summed E-state index contributed by atoms with van der Waals surface area (Å²) in [4.78, 5) is 8.21. The zero-order valence-corrected chi connectivity index (χ0v) is 8.44. The van der Waals surface area contributed by atoms with E-state index in [2.05, 4.69) is 21.5 Å². The highest BCUT2D eigenvalue weighted by Crippen LogP contribution is 2.18. The number of hydrazine groups is 1. The van der Waals surface area contributed by atoms with Crippen molar-refractivity contribution in [1.82, 2.24) is 9.97 Å². The fourth-order valence-corrected chi connectivity index (χ4v) is 1.39. The van der Waals surface area contributed by atoms with Gasteiger partial charge in [0.1, 0.15) is 0 Å². The molecule has 2 aromatic rings. The molecule has 0 aliphatic rings. The Bertz CT molecular complexity index is 468. The minimum Gasteiger partial charge on any atom is -0.292 e. The van der Waals surface area contributed by atoms with Crippen molar-refractivity contribution in [3.8, 4) is 11.3 Å². The van der Waals surface area contributed by atoms with Gasteiger partial charge in [0.2, 0.25) is 5.95 Å². The number of aromatic nitrogens is 2. The van der Waals surface area contributed by atoms with Crippen molar-refractivity contribution in [1.29, 1.82) is 0 Å². The van der Waals surface area contributed by atoms with Gasteiger partial charge in [-0.3, -0.25) is 5.43 Å². The smallest absolute Gasteiger partial charge is 0.237 e. The van der Waals surface area contributed by atoms with Gasteiger partial charge in [0.25, 0.3) is 0 Å². The summed E-state index contributed by atoms with van der Waals surface area (Å²) < 4.78 is 0. The van der Waals surface area contributed by atoms with Gasteiger partial charge in [0.05, 0.1) is 5.69 Å². The maximum Gasteiger partial charge on any atom is 0.237 e. The molecule has 0 spiro atoms. The molecule has 4 nitrogen and oxygen atoms in total. The third kappa shape index (κ3) is 2.11. The van der Waals surface area contributed by atoms with Gasteiger partial charge in [-0.25, -0.2) is 15.8 Å². The minimum atomic E-state index is 0.425. The molecule has 76 valence electrons. The molecule has 1 aromatic carbocycles. The zero-order valence-electron chi connectivity index (χ0n) is 8.44. The van der Waals surface area contributed by atoms with Crippen molar-refractivity contribution < 1.29 is 0 Å². The van der Waals surface area contributed by atoms with Crippen LogP contribution in [0.4, 0.5) is 5.95 Å². The predicted octanol–water partition coefficient (Wildman–Crippen LogP) is 1.74. The minimum absolute atomic E-state index is 0.425.